The number of cyclic esters (lactones) is 1. The van der Waals surface area contributed by atoms with E-state index in [1.54, 1.807) is 23.1 Å². The molecule has 7 atom stereocenters. The maximum absolute atomic E-state index is 14.8. The average Bonchev–Trinajstić information content (AvgIpc) is 3.68. The number of esters is 1. The van der Waals surface area contributed by atoms with Crippen molar-refractivity contribution in [1.82, 2.24) is 15.1 Å². The number of amides is 3. The van der Waals surface area contributed by atoms with Crippen molar-refractivity contribution in [1.29, 1.82) is 0 Å². The predicted octanol–water partition coefficient (Wildman–Crippen LogP) is 3.04. The number of carbonyl (C=O) groups is 4. The first-order valence-electron chi connectivity index (χ1n) is 16.3. The van der Waals surface area contributed by atoms with Crippen molar-refractivity contribution in [2.75, 3.05) is 33.4 Å². The molecule has 2 fully saturated rings. The zero-order valence-corrected chi connectivity index (χ0v) is 28.3. The van der Waals surface area contributed by atoms with Gasteiger partial charge in [-0.05, 0) is 30.0 Å². The number of hydrogen-bond donors (Lipinski definition) is 2. The Morgan fingerprint density at radius 2 is 1.73 bits per heavy atom. The van der Waals surface area contributed by atoms with Gasteiger partial charge in [0.25, 0.3) is 0 Å². The Morgan fingerprint density at radius 3 is 2.44 bits per heavy atom. The van der Waals surface area contributed by atoms with Crippen LogP contribution in [0.5, 0.6) is 0 Å². The van der Waals surface area contributed by atoms with Crippen LogP contribution in [-0.2, 0) is 39.9 Å². The summed E-state index contributed by atoms with van der Waals surface area (Å²) in [7, 11) is 1.51. The average molecular weight is 723 g/mol. The monoisotopic (exact) mass is 721 g/mol. The highest BCUT2D eigenvalue weighted by molar-refractivity contribution is 9.11. The number of methoxy groups -OCH3 is 1. The van der Waals surface area contributed by atoms with Gasteiger partial charge in [-0.2, -0.15) is 0 Å². The summed E-state index contributed by atoms with van der Waals surface area (Å²) >= 11 is 3.59. The van der Waals surface area contributed by atoms with Gasteiger partial charge in [-0.3, -0.25) is 19.2 Å². The van der Waals surface area contributed by atoms with E-state index in [4.69, 9.17) is 14.2 Å². The molecule has 4 aliphatic heterocycles. The molecule has 4 aliphatic rings. The third-order valence-corrected chi connectivity index (χ3v) is 10.2. The minimum absolute atomic E-state index is 0.0644. The van der Waals surface area contributed by atoms with E-state index in [1.807, 2.05) is 60.7 Å². The molecule has 3 amide bonds. The van der Waals surface area contributed by atoms with Gasteiger partial charge in [0.1, 0.15) is 29.8 Å². The van der Waals surface area contributed by atoms with Crippen molar-refractivity contribution < 1.29 is 38.5 Å². The number of aliphatic hydroxyl groups is 1. The molecule has 12 heteroatoms. The van der Waals surface area contributed by atoms with Gasteiger partial charge in [-0.25, -0.2) is 0 Å². The van der Waals surface area contributed by atoms with E-state index in [-0.39, 0.29) is 57.5 Å². The fraction of sp³-hybridized carbons (Fsp3) is 0.444. The van der Waals surface area contributed by atoms with Gasteiger partial charge >= 0.3 is 5.97 Å². The normalized spacial score (nSPS) is 31.4. The van der Waals surface area contributed by atoms with Crippen molar-refractivity contribution in [3.8, 4) is 0 Å². The maximum Gasteiger partial charge on any atom is 0.313 e. The van der Waals surface area contributed by atoms with Crippen LogP contribution in [-0.4, -0.2) is 95.8 Å². The lowest BCUT2D eigenvalue weighted by Gasteiger charge is -2.36. The van der Waals surface area contributed by atoms with E-state index >= 15 is 0 Å². The molecule has 0 aliphatic carbocycles. The quantitative estimate of drug-likeness (QED) is 0.314. The van der Waals surface area contributed by atoms with Crippen LogP contribution in [0.2, 0.25) is 0 Å². The Labute approximate surface area is 288 Å². The van der Waals surface area contributed by atoms with Gasteiger partial charge in [-0.1, -0.05) is 88.7 Å². The lowest BCUT2D eigenvalue weighted by atomic mass is 9.74. The van der Waals surface area contributed by atoms with E-state index in [2.05, 4.69) is 21.2 Å². The van der Waals surface area contributed by atoms with Crippen LogP contribution in [0.25, 0.3) is 0 Å². The van der Waals surface area contributed by atoms with Gasteiger partial charge in [0.2, 0.25) is 17.7 Å². The number of nitrogens with one attached hydrogen (secondary N) is 1. The summed E-state index contributed by atoms with van der Waals surface area (Å²) in [5, 5.41) is 12.7. The number of fused-ring (bicyclic) bond motifs is 2. The molecule has 0 aromatic heterocycles. The summed E-state index contributed by atoms with van der Waals surface area (Å²) in [6.07, 6.45) is 4.51. The number of nitrogens with zero attached hydrogens (tertiary/aromatic N) is 2. The first kappa shape index (κ1) is 34.0. The van der Waals surface area contributed by atoms with Crippen LogP contribution >= 0.6 is 15.9 Å². The standard InChI is InChI=1S/C36H40BrN3O8/c1-46-22-26-30(24-14-7-3-8-15-24)47-35(45)28-29-33(43)40(18-11-19-41)32(36(29)20-25(37)31(28)48-36)34(44)39(21-23-12-5-2-6-13-23)17-10-4-9-16-27(42)38-26/h2-8,10,12-15,20,26,28-32,41H,9,11,16-19,21-22H2,1H3,(H,38,42)/b10-4-/t26-,28+,29-,30-,31+,32+,36-/m1/s1. The second-order valence-electron chi connectivity index (χ2n) is 12.5. The van der Waals surface area contributed by atoms with Crippen molar-refractivity contribution in [2.45, 2.75) is 55.7 Å². The number of hydrogen-bond acceptors (Lipinski definition) is 8. The molecule has 254 valence electrons. The molecule has 0 unspecified atom stereocenters. The Hall–Kier alpha value is -3.84. The fourth-order valence-electron chi connectivity index (χ4n) is 7.38. The molecule has 2 aromatic rings. The lowest BCUT2D eigenvalue weighted by molar-refractivity contribution is -0.162. The number of aliphatic hydroxyl groups excluding tert-OH is 1. The first-order chi connectivity index (χ1) is 23.3. The Balaban J connectivity index is 1.44. The topological polar surface area (TPSA) is 135 Å². The second kappa shape index (κ2) is 14.7. The van der Waals surface area contributed by atoms with E-state index in [0.717, 1.165) is 5.56 Å². The summed E-state index contributed by atoms with van der Waals surface area (Å²) in [6, 6.07) is 16.8. The smallest absolute Gasteiger partial charge is 0.313 e. The number of likely N-dealkylation sites (tertiary alicyclic amines) is 1. The molecular weight excluding hydrogens is 682 g/mol. The van der Waals surface area contributed by atoms with Crippen LogP contribution in [0.15, 0.2) is 83.4 Å². The molecule has 2 saturated heterocycles. The number of rotatable bonds is 8. The molecule has 5 bridgehead atoms. The summed E-state index contributed by atoms with van der Waals surface area (Å²) in [5.74, 6) is -3.79. The van der Waals surface area contributed by atoms with E-state index in [0.29, 0.717) is 16.5 Å². The molecule has 0 saturated carbocycles. The number of carbonyl (C=O) groups excluding carboxylic acids is 4. The molecule has 11 nitrogen and oxygen atoms in total. The van der Waals surface area contributed by atoms with Crippen LogP contribution in [0.3, 0.4) is 0 Å². The Bertz CT molecular complexity index is 1570. The van der Waals surface area contributed by atoms with Crippen LogP contribution in [0, 0.1) is 11.8 Å². The van der Waals surface area contributed by atoms with E-state index in [1.165, 1.54) is 12.0 Å². The van der Waals surface area contributed by atoms with Crippen molar-refractivity contribution in [3.05, 3.63) is 94.5 Å². The van der Waals surface area contributed by atoms with E-state index in [9.17, 15) is 24.3 Å². The predicted molar refractivity (Wildman–Crippen MR) is 178 cm³/mol. The third kappa shape index (κ3) is 6.46. The molecule has 0 radical (unpaired) electrons. The van der Waals surface area contributed by atoms with Gasteiger partial charge in [-0.15, -0.1) is 0 Å². The minimum atomic E-state index is -1.44. The minimum Gasteiger partial charge on any atom is -0.455 e. The molecule has 2 aromatic carbocycles. The second-order valence-corrected chi connectivity index (χ2v) is 13.5. The molecule has 6 rings (SSSR count). The van der Waals surface area contributed by atoms with E-state index < -0.39 is 53.6 Å². The first-order valence-corrected chi connectivity index (χ1v) is 17.1. The maximum atomic E-state index is 14.8. The van der Waals surface area contributed by atoms with Gasteiger partial charge in [0.15, 0.2) is 0 Å². The highest BCUT2D eigenvalue weighted by Gasteiger charge is 2.75. The zero-order valence-electron chi connectivity index (χ0n) is 26.7. The molecule has 4 heterocycles. The SMILES string of the molecule is COC[C@H]1NC(=O)CC/C=C\CN(Cc2ccccc2)C(=O)[C@@H]2N(CCCO)C(=O)[C@H]3[C@H](C(=O)O[C@@H]1c1ccccc1)[C@H]1O[C@@]23C=C1Br. The van der Waals surface area contributed by atoms with Crippen LogP contribution < -0.4 is 5.32 Å². The lowest BCUT2D eigenvalue weighted by Crippen LogP contribution is -2.55. The third-order valence-electron chi connectivity index (χ3n) is 9.48. The Kier molecular flexibility index (Phi) is 10.4. The summed E-state index contributed by atoms with van der Waals surface area (Å²) in [6.45, 7) is 0.472. The number of allylic oxidation sites excluding steroid dienone is 1. The highest BCUT2D eigenvalue weighted by Crippen LogP contribution is 2.59. The molecule has 2 N–H and O–H groups in total. The van der Waals surface area contributed by atoms with Crippen molar-refractivity contribution in [3.63, 3.8) is 0 Å². The molecule has 48 heavy (non-hydrogen) atoms. The highest BCUT2D eigenvalue weighted by atomic mass is 79.9. The number of halogens is 1. The van der Waals surface area contributed by atoms with Crippen LogP contribution in [0.4, 0.5) is 0 Å². The zero-order chi connectivity index (χ0) is 33.8. The summed E-state index contributed by atoms with van der Waals surface area (Å²) in [5.41, 5.74) is 0.105. The Morgan fingerprint density at radius 1 is 1.00 bits per heavy atom. The number of benzene rings is 2. The fourth-order valence-corrected chi connectivity index (χ4v) is 8.12. The van der Waals surface area contributed by atoms with Crippen LogP contribution in [0.1, 0.15) is 36.5 Å². The summed E-state index contributed by atoms with van der Waals surface area (Å²) in [4.78, 5) is 59.8. The molecule has 1 spiro atoms. The van der Waals surface area contributed by atoms with Crippen molar-refractivity contribution in [2.24, 2.45) is 11.8 Å². The number of ether oxygens (including phenoxy) is 3. The summed E-state index contributed by atoms with van der Waals surface area (Å²) < 4.78 is 18.9. The van der Waals surface area contributed by atoms with Gasteiger partial charge in [0.05, 0.1) is 18.6 Å². The molecular formula is C36H40BrN3O8. The largest absolute Gasteiger partial charge is 0.455 e. The van der Waals surface area contributed by atoms with Gasteiger partial charge < -0.3 is 34.4 Å². The van der Waals surface area contributed by atoms with Crippen molar-refractivity contribution >= 4 is 39.6 Å². The van der Waals surface area contributed by atoms with Gasteiger partial charge in [0, 0.05) is 44.3 Å².